The molecule has 2 aromatic heterocycles. The van der Waals surface area contributed by atoms with Gasteiger partial charge in [0.25, 0.3) is 0 Å². The van der Waals surface area contributed by atoms with E-state index in [9.17, 15) is 18.0 Å². The van der Waals surface area contributed by atoms with Crippen molar-refractivity contribution in [2.24, 2.45) is 0 Å². The fourth-order valence-corrected chi connectivity index (χ4v) is 1.47. The maximum Gasteiger partial charge on any atom is 0.408 e. The SMILES string of the molecule is O=C(O)c1nn(CC(F)(F)F)c2ccncc12. The van der Waals surface area contributed by atoms with Gasteiger partial charge in [0.1, 0.15) is 6.54 Å². The molecule has 0 aliphatic carbocycles. The second-order valence-corrected chi connectivity index (χ2v) is 3.32. The van der Waals surface area contributed by atoms with Crippen molar-refractivity contribution in [3.05, 3.63) is 24.2 Å². The van der Waals surface area contributed by atoms with Crippen LogP contribution in [-0.2, 0) is 6.54 Å². The van der Waals surface area contributed by atoms with Crippen LogP contribution < -0.4 is 0 Å². The first-order valence-electron chi connectivity index (χ1n) is 4.49. The van der Waals surface area contributed by atoms with Crippen LogP contribution in [0.2, 0.25) is 0 Å². The zero-order valence-electron chi connectivity index (χ0n) is 8.27. The van der Waals surface area contributed by atoms with Gasteiger partial charge in [-0.15, -0.1) is 0 Å². The van der Waals surface area contributed by atoms with Crippen molar-refractivity contribution in [3.63, 3.8) is 0 Å². The lowest BCUT2D eigenvalue weighted by Crippen LogP contribution is -2.18. The molecule has 90 valence electrons. The number of hydrogen-bond acceptors (Lipinski definition) is 3. The highest BCUT2D eigenvalue weighted by Gasteiger charge is 2.30. The quantitative estimate of drug-likeness (QED) is 0.874. The zero-order chi connectivity index (χ0) is 12.6. The summed E-state index contributed by atoms with van der Waals surface area (Å²) in [5.41, 5.74) is -0.341. The van der Waals surface area contributed by atoms with E-state index in [1.54, 1.807) is 0 Å². The standard InChI is InChI=1S/C9H6F3N3O2/c10-9(11,12)4-15-6-1-2-13-3-5(6)7(14-15)8(16)17/h1-3H,4H2,(H,16,17). The number of aromatic carboxylic acids is 1. The first-order chi connectivity index (χ1) is 7.88. The highest BCUT2D eigenvalue weighted by Crippen LogP contribution is 2.22. The van der Waals surface area contributed by atoms with Crippen molar-refractivity contribution >= 4 is 16.9 Å². The molecule has 8 heteroatoms. The van der Waals surface area contributed by atoms with Crippen LogP contribution in [0.3, 0.4) is 0 Å². The lowest BCUT2D eigenvalue weighted by molar-refractivity contribution is -0.141. The van der Waals surface area contributed by atoms with Gasteiger partial charge in [-0.2, -0.15) is 18.3 Å². The van der Waals surface area contributed by atoms with Crippen LogP contribution in [0.1, 0.15) is 10.5 Å². The van der Waals surface area contributed by atoms with E-state index in [1.165, 1.54) is 18.5 Å². The maximum absolute atomic E-state index is 12.3. The van der Waals surface area contributed by atoms with Crippen LogP contribution in [0, 0.1) is 0 Å². The van der Waals surface area contributed by atoms with Gasteiger partial charge < -0.3 is 5.11 Å². The molecule has 2 aromatic rings. The minimum Gasteiger partial charge on any atom is -0.476 e. The Bertz CT molecular complexity index is 576. The molecule has 0 saturated carbocycles. The number of carboxylic acid groups (broad SMARTS) is 1. The van der Waals surface area contributed by atoms with E-state index in [4.69, 9.17) is 5.11 Å². The number of carbonyl (C=O) groups is 1. The first-order valence-corrected chi connectivity index (χ1v) is 4.49. The first kappa shape index (κ1) is 11.4. The third-order valence-electron chi connectivity index (χ3n) is 2.08. The Balaban J connectivity index is 2.61. The summed E-state index contributed by atoms with van der Waals surface area (Å²) in [4.78, 5) is 14.5. The highest BCUT2D eigenvalue weighted by atomic mass is 19.4. The largest absolute Gasteiger partial charge is 0.476 e. The molecule has 0 bridgehead atoms. The van der Waals surface area contributed by atoms with Crippen molar-refractivity contribution in [2.75, 3.05) is 0 Å². The zero-order valence-corrected chi connectivity index (χ0v) is 8.27. The van der Waals surface area contributed by atoms with Gasteiger partial charge in [-0.1, -0.05) is 0 Å². The number of fused-ring (bicyclic) bond motifs is 1. The molecule has 1 N–H and O–H groups in total. The summed E-state index contributed by atoms with van der Waals surface area (Å²) < 4.78 is 37.4. The molecule has 17 heavy (non-hydrogen) atoms. The van der Waals surface area contributed by atoms with E-state index in [2.05, 4.69) is 10.1 Å². The smallest absolute Gasteiger partial charge is 0.408 e. The molecule has 0 fully saturated rings. The predicted molar refractivity (Wildman–Crippen MR) is 50.5 cm³/mol. The Labute approximate surface area is 92.5 Å². The lowest BCUT2D eigenvalue weighted by Gasteiger charge is -2.06. The average molecular weight is 245 g/mol. The number of rotatable bonds is 2. The summed E-state index contributed by atoms with van der Waals surface area (Å²) in [6.07, 6.45) is -2.00. The van der Waals surface area contributed by atoms with Crippen LogP contribution >= 0.6 is 0 Å². The van der Waals surface area contributed by atoms with Crippen molar-refractivity contribution in [2.45, 2.75) is 12.7 Å². The monoisotopic (exact) mass is 245 g/mol. The summed E-state index contributed by atoms with van der Waals surface area (Å²) in [5.74, 6) is -1.39. The summed E-state index contributed by atoms with van der Waals surface area (Å²) in [5, 5.41) is 12.3. The van der Waals surface area contributed by atoms with E-state index < -0.39 is 24.4 Å². The van der Waals surface area contributed by atoms with E-state index in [-0.39, 0.29) is 10.9 Å². The molecule has 0 spiro atoms. The number of nitrogens with zero attached hydrogens (tertiary/aromatic N) is 3. The Kier molecular flexibility index (Phi) is 2.49. The van der Waals surface area contributed by atoms with E-state index in [1.807, 2.05) is 0 Å². The Morgan fingerprint density at radius 1 is 1.47 bits per heavy atom. The third-order valence-corrected chi connectivity index (χ3v) is 2.08. The lowest BCUT2D eigenvalue weighted by atomic mass is 10.2. The van der Waals surface area contributed by atoms with Gasteiger partial charge in [-0.25, -0.2) is 4.79 Å². The number of pyridine rings is 1. The second kappa shape index (κ2) is 3.72. The molecular formula is C9H6F3N3O2. The average Bonchev–Trinajstić information content (AvgIpc) is 2.55. The maximum atomic E-state index is 12.3. The molecule has 0 amide bonds. The highest BCUT2D eigenvalue weighted by molar-refractivity contribution is 6.00. The van der Waals surface area contributed by atoms with Gasteiger partial charge in [-0.3, -0.25) is 9.67 Å². The molecular weight excluding hydrogens is 239 g/mol. The Morgan fingerprint density at radius 2 is 2.18 bits per heavy atom. The van der Waals surface area contributed by atoms with E-state index in [0.717, 1.165) is 0 Å². The molecule has 2 heterocycles. The minimum absolute atomic E-state index is 0.0873. The number of hydrogen-bond donors (Lipinski definition) is 1. The molecule has 0 aromatic carbocycles. The minimum atomic E-state index is -4.46. The Morgan fingerprint density at radius 3 is 2.76 bits per heavy atom. The van der Waals surface area contributed by atoms with Crippen molar-refractivity contribution in [1.29, 1.82) is 0 Å². The molecule has 2 rings (SSSR count). The van der Waals surface area contributed by atoms with Crippen molar-refractivity contribution in [1.82, 2.24) is 14.8 Å². The van der Waals surface area contributed by atoms with Gasteiger partial charge in [0, 0.05) is 12.4 Å². The predicted octanol–water partition coefficient (Wildman–Crippen LogP) is 1.69. The number of halogens is 3. The summed E-state index contributed by atoms with van der Waals surface area (Å²) in [6, 6.07) is 1.29. The van der Waals surface area contributed by atoms with Gasteiger partial charge in [0.2, 0.25) is 0 Å². The molecule has 0 atom stereocenters. The molecule has 0 aliphatic rings. The molecule has 0 radical (unpaired) electrons. The number of aromatic nitrogens is 3. The van der Waals surface area contributed by atoms with E-state index in [0.29, 0.717) is 4.68 Å². The van der Waals surface area contributed by atoms with Gasteiger partial charge >= 0.3 is 12.1 Å². The second-order valence-electron chi connectivity index (χ2n) is 3.32. The summed E-state index contributed by atoms with van der Waals surface area (Å²) in [6.45, 7) is -1.33. The molecule has 0 saturated heterocycles. The van der Waals surface area contributed by atoms with Gasteiger partial charge in [0.05, 0.1) is 10.9 Å². The van der Waals surface area contributed by atoms with Crippen molar-refractivity contribution in [3.8, 4) is 0 Å². The molecule has 5 nitrogen and oxygen atoms in total. The van der Waals surface area contributed by atoms with E-state index >= 15 is 0 Å². The number of alkyl halides is 3. The van der Waals surface area contributed by atoms with Crippen LogP contribution in [0.15, 0.2) is 18.5 Å². The Hall–Kier alpha value is -2.12. The normalized spacial score (nSPS) is 11.9. The van der Waals surface area contributed by atoms with Crippen LogP contribution in [0.5, 0.6) is 0 Å². The van der Waals surface area contributed by atoms with Gasteiger partial charge in [0.15, 0.2) is 5.69 Å². The number of carboxylic acids is 1. The van der Waals surface area contributed by atoms with Crippen LogP contribution in [0.4, 0.5) is 13.2 Å². The fraction of sp³-hybridized carbons (Fsp3) is 0.222. The molecule has 0 aliphatic heterocycles. The molecule has 0 unspecified atom stereocenters. The fourth-order valence-electron chi connectivity index (χ4n) is 1.47. The van der Waals surface area contributed by atoms with Crippen molar-refractivity contribution < 1.29 is 23.1 Å². The van der Waals surface area contributed by atoms with Gasteiger partial charge in [-0.05, 0) is 6.07 Å². The van der Waals surface area contributed by atoms with Crippen LogP contribution in [0.25, 0.3) is 10.9 Å². The topological polar surface area (TPSA) is 68.0 Å². The summed E-state index contributed by atoms with van der Waals surface area (Å²) >= 11 is 0. The third kappa shape index (κ3) is 2.19. The van der Waals surface area contributed by atoms with Crippen LogP contribution in [-0.4, -0.2) is 32.0 Å². The summed E-state index contributed by atoms with van der Waals surface area (Å²) in [7, 11) is 0.